The summed E-state index contributed by atoms with van der Waals surface area (Å²) in [6, 6.07) is 0. The Balaban J connectivity index is 0. The molecule has 0 aliphatic carbocycles. The van der Waals surface area contributed by atoms with E-state index in [0.29, 0.717) is 0 Å². The molecule has 0 heterocycles. The number of halogens is 2. The summed E-state index contributed by atoms with van der Waals surface area (Å²) in [5.41, 5.74) is 0. The van der Waals surface area contributed by atoms with Crippen molar-refractivity contribution in [2.75, 3.05) is 0 Å². The SMILES string of the molecule is C=[CH][Sn]([CH]=C)[O][Sn]([CH]=C)([CH]=C)[O]C(=O)C(Cl)Cl.O. The van der Waals surface area contributed by atoms with Gasteiger partial charge in [0, 0.05) is 0 Å². The molecule has 0 aromatic carbocycles. The van der Waals surface area contributed by atoms with Gasteiger partial charge in [-0.25, -0.2) is 0 Å². The van der Waals surface area contributed by atoms with Crippen LogP contribution >= 0.6 is 23.2 Å². The number of hydrogen-bond acceptors (Lipinski definition) is 3. The Hall–Kier alpha value is 0.527. The molecular formula is C10H15Cl2O4Sn2. The maximum atomic E-state index is 11.4. The second-order valence-electron chi connectivity index (χ2n) is 2.76. The first-order chi connectivity index (χ1) is 7.94. The fourth-order valence-electron chi connectivity index (χ4n) is 0.823. The Morgan fingerprint density at radius 1 is 1.17 bits per heavy atom. The summed E-state index contributed by atoms with van der Waals surface area (Å²) in [5.74, 6) is -0.736. The monoisotopic (exact) mass is 509 g/mol. The fraction of sp³-hybridized carbons (Fsp3) is 0.100. The van der Waals surface area contributed by atoms with Gasteiger partial charge in [0.15, 0.2) is 0 Å². The van der Waals surface area contributed by atoms with Crippen LogP contribution in [0, 0.1) is 0 Å². The third-order valence-electron chi connectivity index (χ3n) is 1.69. The molecule has 4 nitrogen and oxygen atoms in total. The van der Waals surface area contributed by atoms with Crippen molar-refractivity contribution in [3.63, 3.8) is 0 Å². The molecule has 0 aromatic heterocycles. The normalized spacial score (nSPS) is 10.4. The zero-order valence-corrected chi connectivity index (χ0v) is 16.9. The van der Waals surface area contributed by atoms with Crippen molar-refractivity contribution in [2.24, 2.45) is 0 Å². The maximum Gasteiger partial charge on any atom is -0.412 e. The van der Waals surface area contributed by atoms with E-state index in [9.17, 15) is 4.79 Å². The molecule has 0 aliphatic heterocycles. The summed E-state index contributed by atoms with van der Waals surface area (Å²) in [6.07, 6.45) is 0. The molecule has 2 N–H and O–H groups in total. The van der Waals surface area contributed by atoms with Gasteiger partial charge >= 0.3 is 125 Å². The molecule has 0 saturated heterocycles. The van der Waals surface area contributed by atoms with E-state index in [2.05, 4.69) is 26.3 Å². The predicted octanol–water partition coefficient (Wildman–Crippen LogP) is 1.86. The van der Waals surface area contributed by atoms with Crippen LogP contribution in [-0.4, -0.2) is 55.7 Å². The zero-order chi connectivity index (χ0) is 13.5. The molecule has 0 rings (SSSR count). The number of alkyl halides is 2. The van der Waals surface area contributed by atoms with Gasteiger partial charge in [-0.2, -0.15) is 0 Å². The summed E-state index contributed by atoms with van der Waals surface area (Å²) in [4.78, 5) is 10.2. The minimum atomic E-state index is -3.83. The van der Waals surface area contributed by atoms with Crippen LogP contribution in [0.5, 0.6) is 0 Å². The molecule has 0 unspecified atom stereocenters. The number of hydrogen-bond donors (Lipinski definition) is 0. The van der Waals surface area contributed by atoms with Gasteiger partial charge in [0.25, 0.3) is 0 Å². The van der Waals surface area contributed by atoms with Gasteiger partial charge in [-0.3, -0.25) is 0 Å². The predicted molar refractivity (Wildman–Crippen MR) is 78.6 cm³/mol. The summed E-state index contributed by atoms with van der Waals surface area (Å²) in [6.45, 7) is 14.6. The van der Waals surface area contributed by atoms with Crippen LogP contribution < -0.4 is 0 Å². The molecule has 8 heteroatoms. The average molecular weight is 508 g/mol. The molecule has 0 bridgehead atoms. The molecule has 0 saturated carbocycles. The second-order valence-corrected chi connectivity index (χ2v) is 20.0. The minimum Gasteiger partial charge on any atom is -0.412 e. The molecule has 101 valence electrons. The van der Waals surface area contributed by atoms with Gasteiger partial charge in [-0.1, -0.05) is 0 Å². The van der Waals surface area contributed by atoms with Crippen molar-refractivity contribution < 1.29 is 14.8 Å². The quantitative estimate of drug-likeness (QED) is 0.372. The molecule has 0 spiro atoms. The molecule has 1 radical (unpaired) electrons. The molecule has 0 aromatic rings. The smallest absolute Gasteiger partial charge is 0.412 e. The first-order valence-electron chi connectivity index (χ1n) is 4.53. The van der Waals surface area contributed by atoms with Crippen molar-refractivity contribution in [2.45, 2.75) is 4.84 Å². The average Bonchev–Trinajstić information content (AvgIpc) is 2.34. The van der Waals surface area contributed by atoms with Crippen molar-refractivity contribution >= 4 is 68.6 Å². The van der Waals surface area contributed by atoms with E-state index >= 15 is 0 Å². The van der Waals surface area contributed by atoms with E-state index in [0.717, 1.165) is 0 Å². The van der Waals surface area contributed by atoms with Crippen molar-refractivity contribution in [1.29, 1.82) is 0 Å². The van der Waals surface area contributed by atoms with Crippen molar-refractivity contribution in [3.8, 4) is 0 Å². The van der Waals surface area contributed by atoms with E-state index < -0.39 is 50.2 Å². The maximum absolute atomic E-state index is 11.4. The first-order valence-corrected chi connectivity index (χ1v) is 15.5. The Morgan fingerprint density at radius 2 is 1.61 bits per heavy atom. The molecule has 18 heavy (non-hydrogen) atoms. The van der Waals surface area contributed by atoms with Gasteiger partial charge in [-0.05, 0) is 0 Å². The molecular weight excluding hydrogens is 492 g/mol. The van der Waals surface area contributed by atoms with Gasteiger partial charge in [0.2, 0.25) is 0 Å². The number of rotatable bonds is 8. The standard InChI is InChI=1S/C2H2Cl2O2.4C2H3.H2O.O.2Sn/c3-1(4)2(5)6;4*1-2;;;;/h1H,(H,5,6);4*1H,2H2;1H2;;;/q;;;;;;;;+1/p-1. The Labute approximate surface area is 129 Å². The van der Waals surface area contributed by atoms with Crippen molar-refractivity contribution in [1.82, 2.24) is 0 Å². The van der Waals surface area contributed by atoms with E-state index in [1.807, 2.05) is 0 Å². The third kappa shape index (κ3) is 6.62. The second kappa shape index (κ2) is 10.3. The third-order valence-corrected chi connectivity index (χ3v) is 21.3. The Bertz CT molecular complexity index is 318. The van der Waals surface area contributed by atoms with Crippen LogP contribution in [0.4, 0.5) is 0 Å². The Morgan fingerprint density at radius 3 is 1.89 bits per heavy atom. The zero-order valence-electron chi connectivity index (χ0n) is 9.70. The van der Waals surface area contributed by atoms with E-state index in [4.69, 9.17) is 27.7 Å². The summed E-state index contributed by atoms with van der Waals surface area (Å²) < 4.78 is 17.5. The first kappa shape index (κ1) is 20.8. The van der Waals surface area contributed by atoms with Crippen LogP contribution in [0.25, 0.3) is 0 Å². The van der Waals surface area contributed by atoms with Crippen LogP contribution in [0.1, 0.15) is 0 Å². The van der Waals surface area contributed by atoms with Gasteiger partial charge in [-0.15, -0.1) is 0 Å². The fourth-order valence-corrected chi connectivity index (χ4v) is 20.4. The summed E-state index contributed by atoms with van der Waals surface area (Å²) >= 11 is 4.62. The Kier molecular flexibility index (Phi) is 12.0. The molecule has 0 aliphatic rings. The minimum absolute atomic E-state index is 0. The number of carbonyl (C=O) groups excluding carboxylic acids is 1. The van der Waals surface area contributed by atoms with E-state index in [-0.39, 0.29) is 5.48 Å². The van der Waals surface area contributed by atoms with Crippen LogP contribution in [0.2, 0.25) is 0 Å². The topological polar surface area (TPSA) is 67.0 Å². The largest absolute Gasteiger partial charge is 0.412 e. The summed E-state index contributed by atoms with van der Waals surface area (Å²) in [5, 5.41) is 0. The van der Waals surface area contributed by atoms with Crippen LogP contribution in [0.3, 0.4) is 0 Å². The van der Waals surface area contributed by atoms with Gasteiger partial charge in [0.1, 0.15) is 0 Å². The summed E-state index contributed by atoms with van der Waals surface area (Å²) in [7, 11) is 0. The molecule has 0 fully saturated rings. The van der Waals surface area contributed by atoms with E-state index in [1.165, 1.54) is 8.18 Å². The molecule has 0 amide bonds. The van der Waals surface area contributed by atoms with Crippen molar-refractivity contribution in [3.05, 3.63) is 42.7 Å². The van der Waals surface area contributed by atoms with E-state index in [1.54, 1.807) is 8.18 Å². The van der Waals surface area contributed by atoms with Crippen LogP contribution in [0.15, 0.2) is 42.7 Å². The van der Waals surface area contributed by atoms with Gasteiger partial charge < -0.3 is 5.48 Å². The van der Waals surface area contributed by atoms with Gasteiger partial charge in [0.05, 0.1) is 0 Å². The van der Waals surface area contributed by atoms with Crippen LogP contribution in [-0.2, 0) is 9.28 Å². The number of carbonyl (C=O) groups is 1. The molecule has 0 atom stereocenters.